The van der Waals surface area contributed by atoms with Crippen LogP contribution in [0.15, 0.2) is 60.2 Å². The molecule has 0 spiro atoms. The van der Waals surface area contributed by atoms with Gasteiger partial charge >= 0.3 is 12.0 Å². The zero-order chi connectivity index (χ0) is 17.8. The Morgan fingerprint density at radius 1 is 1.16 bits per heavy atom. The monoisotopic (exact) mass is 338 g/mol. The van der Waals surface area contributed by atoms with Gasteiger partial charge in [-0.15, -0.1) is 0 Å². The second-order valence-electron chi connectivity index (χ2n) is 5.50. The number of aromatic hydroxyl groups is 1. The van der Waals surface area contributed by atoms with Gasteiger partial charge in [-0.1, -0.05) is 42.5 Å². The number of amides is 2. The molecular weight excluding hydrogens is 320 g/mol. The lowest BCUT2D eigenvalue weighted by Crippen LogP contribution is -2.45. The van der Waals surface area contributed by atoms with Gasteiger partial charge in [-0.05, 0) is 30.2 Å². The summed E-state index contributed by atoms with van der Waals surface area (Å²) < 4.78 is 5.20. The van der Waals surface area contributed by atoms with Crippen LogP contribution in [0.25, 0.3) is 5.70 Å². The Labute approximate surface area is 145 Å². The number of nitrogens with one attached hydrogen (secondary N) is 2. The molecule has 0 fully saturated rings. The lowest BCUT2D eigenvalue weighted by molar-refractivity contribution is -0.138. The van der Waals surface area contributed by atoms with Crippen molar-refractivity contribution < 1.29 is 19.4 Å². The number of rotatable bonds is 4. The van der Waals surface area contributed by atoms with Gasteiger partial charge in [0, 0.05) is 0 Å². The number of hydrogen-bond acceptors (Lipinski definition) is 4. The highest BCUT2D eigenvalue weighted by Crippen LogP contribution is 2.32. The van der Waals surface area contributed by atoms with Crippen molar-refractivity contribution in [3.63, 3.8) is 0 Å². The van der Waals surface area contributed by atoms with Crippen molar-refractivity contribution in [1.82, 2.24) is 10.6 Å². The summed E-state index contributed by atoms with van der Waals surface area (Å²) in [6, 6.07) is 14.4. The van der Waals surface area contributed by atoms with Gasteiger partial charge in [-0.3, -0.25) is 0 Å². The molecule has 0 radical (unpaired) electrons. The van der Waals surface area contributed by atoms with Gasteiger partial charge in [0.05, 0.1) is 23.9 Å². The molecule has 25 heavy (non-hydrogen) atoms. The Balaban J connectivity index is 2.18. The number of carbonyl (C=O) groups excluding carboxylic acids is 2. The first-order chi connectivity index (χ1) is 12.1. The fourth-order valence-electron chi connectivity index (χ4n) is 2.78. The van der Waals surface area contributed by atoms with Gasteiger partial charge in [-0.2, -0.15) is 0 Å². The Hall–Kier alpha value is -3.28. The molecule has 6 nitrogen and oxygen atoms in total. The summed E-state index contributed by atoms with van der Waals surface area (Å²) in [6.45, 7) is 1.93. The molecule has 1 atom stereocenters. The van der Waals surface area contributed by atoms with Crippen LogP contribution < -0.4 is 10.6 Å². The standard InChI is InChI=1S/C19H18N2O4/c1-2-25-18(23)15-16(12-7-4-3-5-8-12)20-19(24)21-17(15)13-9-6-10-14(22)11-13/h3-11,17,22H,2H2,1H3,(H2,20,21,24)/t17-/m0/s1. The van der Waals surface area contributed by atoms with E-state index in [9.17, 15) is 14.7 Å². The van der Waals surface area contributed by atoms with Crippen molar-refractivity contribution in [3.05, 3.63) is 71.3 Å². The molecule has 0 saturated carbocycles. The van der Waals surface area contributed by atoms with Gasteiger partial charge in [0.2, 0.25) is 0 Å². The van der Waals surface area contributed by atoms with Crippen molar-refractivity contribution in [2.75, 3.05) is 6.61 Å². The predicted octanol–water partition coefficient (Wildman–Crippen LogP) is 2.72. The second kappa shape index (κ2) is 7.09. The molecule has 3 rings (SSSR count). The summed E-state index contributed by atoms with van der Waals surface area (Å²) in [4.78, 5) is 24.8. The third-order valence-corrected chi connectivity index (χ3v) is 3.83. The van der Waals surface area contributed by atoms with E-state index in [0.717, 1.165) is 0 Å². The van der Waals surface area contributed by atoms with Crippen LogP contribution >= 0.6 is 0 Å². The Morgan fingerprint density at radius 2 is 1.92 bits per heavy atom. The molecule has 0 unspecified atom stereocenters. The quantitative estimate of drug-likeness (QED) is 0.748. The highest BCUT2D eigenvalue weighted by Gasteiger charge is 2.34. The van der Waals surface area contributed by atoms with Gasteiger partial charge < -0.3 is 20.5 Å². The molecular formula is C19H18N2O4. The Kier molecular flexibility index (Phi) is 4.70. The Bertz CT molecular complexity index is 830. The zero-order valence-corrected chi connectivity index (χ0v) is 13.7. The summed E-state index contributed by atoms with van der Waals surface area (Å²) in [5, 5.41) is 15.2. The van der Waals surface area contributed by atoms with Gasteiger partial charge in [-0.25, -0.2) is 9.59 Å². The number of phenolic OH excluding ortho intramolecular Hbond substituents is 1. The summed E-state index contributed by atoms with van der Waals surface area (Å²) in [7, 11) is 0. The van der Waals surface area contributed by atoms with E-state index in [2.05, 4.69) is 10.6 Å². The molecule has 6 heteroatoms. The van der Waals surface area contributed by atoms with Crippen molar-refractivity contribution in [2.45, 2.75) is 13.0 Å². The molecule has 2 amide bonds. The fourth-order valence-corrected chi connectivity index (χ4v) is 2.78. The number of phenols is 1. The van der Waals surface area contributed by atoms with E-state index in [1.807, 2.05) is 18.2 Å². The first-order valence-corrected chi connectivity index (χ1v) is 7.93. The number of esters is 1. The molecule has 2 aromatic rings. The predicted molar refractivity (Wildman–Crippen MR) is 92.5 cm³/mol. The zero-order valence-electron chi connectivity index (χ0n) is 13.7. The molecule has 1 aliphatic heterocycles. The SMILES string of the molecule is CCOC(=O)C1=C(c2ccccc2)NC(=O)N[C@H]1c1cccc(O)c1. The maximum absolute atomic E-state index is 12.6. The molecule has 3 N–H and O–H groups in total. The highest BCUT2D eigenvalue weighted by atomic mass is 16.5. The average Bonchev–Trinajstić information content (AvgIpc) is 2.62. The summed E-state index contributed by atoms with van der Waals surface area (Å²) in [5.41, 5.74) is 1.98. The molecule has 128 valence electrons. The number of carbonyl (C=O) groups is 2. The van der Waals surface area contributed by atoms with E-state index >= 15 is 0 Å². The summed E-state index contributed by atoms with van der Waals surface area (Å²) >= 11 is 0. The van der Waals surface area contributed by atoms with Crippen LogP contribution in [-0.4, -0.2) is 23.7 Å². The minimum Gasteiger partial charge on any atom is -0.508 e. The van der Waals surface area contributed by atoms with E-state index in [0.29, 0.717) is 22.4 Å². The molecule has 0 aliphatic carbocycles. The van der Waals surface area contributed by atoms with Gasteiger partial charge in [0.15, 0.2) is 0 Å². The fraction of sp³-hybridized carbons (Fsp3) is 0.158. The van der Waals surface area contributed by atoms with Crippen LogP contribution in [-0.2, 0) is 9.53 Å². The third kappa shape index (κ3) is 3.47. The second-order valence-corrected chi connectivity index (χ2v) is 5.50. The average molecular weight is 338 g/mol. The van der Waals surface area contributed by atoms with Crippen LogP contribution in [0.5, 0.6) is 5.75 Å². The Morgan fingerprint density at radius 3 is 2.60 bits per heavy atom. The molecule has 1 heterocycles. The lowest BCUT2D eigenvalue weighted by Gasteiger charge is -2.29. The van der Waals surface area contributed by atoms with E-state index in [4.69, 9.17) is 4.74 Å². The first kappa shape index (κ1) is 16.6. The number of ether oxygens (including phenoxy) is 1. The molecule has 0 bridgehead atoms. The van der Waals surface area contributed by atoms with E-state index in [-0.39, 0.29) is 12.4 Å². The topological polar surface area (TPSA) is 87.7 Å². The minimum atomic E-state index is -0.727. The van der Waals surface area contributed by atoms with E-state index in [1.54, 1.807) is 31.2 Å². The highest BCUT2D eigenvalue weighted by molar-refractivity contribution is 6.04. The maximum atomic E-state index is 12.6. The molecule has 0 saturated heterocycles. The van der Waals surface area contributed by atoms with Crippen LogP contribution in [0, 0.1) is 0 Å². The van der Waals surface area contributed by atoms with Crippen molar-refractivity contribution >= 4 is 17.7 Å². The molecule has 0 aromatic heterocycles. The van der Waals surface area contributed by atoms with Crippen LogP contribution in [0.3, 0.4) is 0 Å². The van der Waals surface area contributed by atoms with Crippen LogP contribution in [0.2, 0.25) is 0 Å². The molecule has 1 aliphatic rings. The minimum absolute atomic E-state index is 0.0507. The normalized spacial score (nSPS) is 16.8. The summed E-state index contributed by atoms with van der Waals surface area (Å²) in [5.74, 6) is -0.475. The van der Waals surface area contributed by atoms with Crippen molar-refractivity contribution in [2.24, 2.45) is 0 Å². The van der Waals surface area contributed by atoms with Crippen LogP contribution in [0.1, 0.15) is 24.1 Å². The van der Waals surface area contributed by atoms with E-state index in [1.165, 1.54) is 12.1 Å². The largest absolute Gasteiger partial charge is 0.508 e. The maximum Gasteiger partial charge on any atom is 0.338 e. The number of benzene rings is 2. The molecule has 2 aromatic carbocycles. The van der Waals surface area contributed by atoms with Crippen molar-refractivity contribution in [3.8, 4) is 5.75 Å². The van der Waals surface area contributed by atoms with Gasteiger partial charge in [0.25, 0.3) is 0 Å². The van der Waals surface area contributed by atoms with Crippen LogP contribution in [0.4, 0.5) is 4.79 Å². The number of urea groups is 1. The van der Waals surface area contributed by atoms with Gasteiger partial charge in [0.1, 0.15) is 5.75 Å². The summed E-state index contributed by atoms with van der Waals surface area (Å²) in [6.07, 6.45) is 0. The van der Waals surface area contributed by atoms with Crippen molar-refractivity contribution in [1.29, 1.82) is 0 Å². The third-order valence-electron chi connectivity index (χ3n) is 3.83. The van der Waals surface area contributed by atoms with E-state index < -0.39 is 18.0 Å². The number of hydrogen-bond donors (Lipinski definition) is 3. The smallest absolute Gasteiger partial charge is 0.338 e. The first-order valence-electron chi connectivity index (χ1n) is 7.93. The lowest BCUT2D eigenvalue weighted by atomic mass is 9.92.